The number of amides is 1. The molecule has 0 aromatic heterocycles. The summed E-state index contributed by atoms with van der Waals surface area (Å²) in [5.41, 5.74) is 7.11. The van der Waals surface area contributed by atoms with Crippen LogP contribution in [-0.2, 0) is 16.0 Å². The van der Waals surface area contributed by atoms with E-state index in [4.69, 9.17) is 10.5 Å². The third kappa shape index (κ3) is 6.95. The minimum atomic E-state index is -0.512. The quantitative estimate of drug-likeness (QED) is 0.790. The van der Waals surface area contributed by atoms with Gasteiger partial charge in [-0.25, -0.2) is 0 Å². The number of rotatable bonds is 6. The molecular weight excluding hydrogens is 349 g/mol. The molecule has 1 aromatic rings. The smallest absolute Gasteiger partial charge is 0.237 e. The zero-order chi connectivity index (χ0) is 15.9. The van der Waals surface area contributed by atoms with Gasteiger partial charge in [0.15, 0.2) is 0 Å². The number of halogens is 2. The van der Waals surface area contributed by atoms with Crippen molar-refractivity contribution >= 4 is 30.7 Å². The van der Waals surface area contributed by atoms with Crippen LogP contribution in [0.2, 0.25) is 0 Å². The molecule has 1 saturated heterocycles. The Morgan fingerprint density at radius 2 is 1.79 bits per heavy atom. The number of hydrogen-bond donors (Lipinski definition) is 2. The first-order valence-corrected chi connectivity index (χ1v) is 7.99. The van der Waals surface area contributed by atoms with Gasteiger partial charge in [-0.1, -0.05) is 30.3 Å². The molecule has 2 rings (SSSR count). The number of carbonyl (C=O) groups excluding carboxylic acids is 1. The summed E-state index contributed by atoms with van der Waals surface area (Å²) in [5, 5.41) is 3.05. The van der Waals surface area contributed by atoms with E-state index in [1.54, 1.807) is 0 Å². The highest BCUT2D eigenvalue weighted by atomic mass is 35.5. The van der Waals surface area contributed by atoms with Crippen molar-refractivity contribution in [1.82, 2.24) is 10.2 Å². The van der Waals surface area contributed by atoms with Crippen molar-refractivity contribution in [3.63, 3.8) is 0 Å². The fourth-order valence-corrected chi connectivity index (χ4v) is 2.71. The molecule has 0 aliphatic carbocycles. The van der Waals surface area contributed by atoms with Crippen molar-refractivity contribution in [1.29, 1.82) is 0 Å². The van der Waals surface area contributed by atoms with Gasteiger partial charge in [-0.3, -0.25) is 9.69 Å². The highest BCUT2D eigenvalue weighted by Gasteiger charge is 2.24. The van der Waals surface area contributed by atoms with Crippen LogP contribution in [0.4, 0.5) is 0 Å². The molecule has 3 N–H and O–H groups in total. The van der Waals surface area contributed by atoms with E-state index in [0.717, 1.165) is 31.9 Å². The predicted octanol–water partition coefficient (Wildman–Crippen LogP) is 1.63. The maximum absolute atomic E-state index is 12.3. The molecule has 3 atom stereocenters. The Morgan fingerprint density at radius 1 is 1.21 bits per heavy atom. The van der Waals surface area contributed by atoms with Crippen molar-refractivity contribution < 1.29 is 9.53 Å². The summed E-state index contributed by atoms with van der Waals surface area (Å²) >= 11 is 0. The summed E-state index contributed by atoms with van der Waals surface area (Å²) in [6, 6.07) is 9.69. The van der Waals surface area contributed by atoms with Crippen LogP contribution in [0.5, 0.6) is 0 Å². The van der Waals surface area contributed by atoms with Crippen LogP contribution in [0, 0.1) is 0 Å². The molecule has 3 unspecified atom stereocenters. The molecule has 0 bridgehead atoms. The van der Waals surface area contributed by atoms with Crippen LogP contribution >= 0.6 is 24.8 Å². The number of nitrogens with two attached hydrogens (primary N) is 1. The zero-order valence-electron chi connectivity index (χ0n) is 14.3. The van der Waals surface area contributed by atoms with Crippen molar-refractivity contribution in [2.45, 2.75) is 38.4 Å². The predicted molar refractivity (Wildman–Crippen MR) is 102 cm³/mol. The van der Waals surface area contributed by atoms with Gasteiger partial charge in [0.05, 0.1) is 19.3 Å². The van der Waals surface area contributed by atoms with Gasteiger partial charge < -0.3 is 15.8 Å². The number of morpholine rings is 1. The summed E-state index contributed by atoms with van der Waals surface area (Å²) in [4.78, 5) is 14.6. The first-order chi connectivity index (χ1) is 10.6. The first-order valence-electron chi connectivity index (χ1n) is 7.99. The van der Waals surface area contributed by atoms with Crippen LogP contribution in [0.15, 0.2) is 30.3 Å². The highest BCUT2D eigenvalue weighted by molar-refractivity contribution is 5.85. The molecule has 1 fully saturated rings. The van der Waals surface area contributed by atoms with E-state index < -0.39 is 6.04 Å². The second kappa shape index (κ2) is 11.7. The number of ether oxygens (including phenoxy) is 1. The molecule has 0 spiro atoms. The minimum absolute atomic E-state index is 0. The van der Waals surface area contributed by atoms with E-state index in [-0.39, 0.29) is 42.8 Å². The lowest BCUT2D eigenvalue weighted by molar-refractivity contribution is -0.123. The SMILES string of the molecule is CC(NC(=O)C(N)Cc1ccccc1)C(C)N1CCOCC1.Cl.Cl. The number of benzene rings is 1. The molecule has 1 heterocycles. The van der Waals surface area contributed by atoms with E-state index in [2.05, 4.69) is 17.1 Å². The van der Waals surface area contributed by atoms with E-state index in [1.807, 2.05) is 37.3 Å². The van der Waals surface area contributed by atoms with E-state index in [1.165, 1.54) is 0 Å². The Morgan fingerprint density at radius 3 is 2.38 bits per heavy atom. The molecular formula is C17H29Cl2N3O2. The van der Waals surface area contributed by atoms with Gasteiger partial charge in [0.25, 0.3) is 0 Å². The fourth-order valence-electron chi connectivity index (χ4n) is 2.71. The summed E-state index contributed by atoms with van der Waals surface area (Å²) in [6.07, 6.45) is 0.561. The third-order valence-electron chi connectivity index (χ3n) is 4.35. The standard InChI is InChI=1S/C17H27N3O2.2ClH/c1-13(14(2)20-8-10-22-11-9-20)19-17(21)16(18)12-15-6-4-3-5-7-15;;/h3-7,13-14,16H,8-12,18H2,1-2H3,(H,19,21);2*1H. The van der Waals surface area contributed by atoms with Crippen LogP contribution in [0.25, 0.3) is 0 Å². The first kappa shape index (κ1) is 23.1. The third-order valence-corrected chi connectivity index (χ3v) is 4.35. The van der Waals surface area contributed by atoms with Crippen molar-refractivity contribution in [3.8, 4) is 0 Å². The molecule has 24 heavy (non-hydrogen) atoms. The van der Waals surface area contributed by atoms with Crippen LogP contribution in [0.1, 0.15) is 19.4 Å². The molecule has 7 heteroatoms. The second-order valence-electron chi connectivity index (χ2n) is 5.98. The fraction of sp³-hybridized carbons (Fsp3) is 0.588. The Kier molecular flexibility index (Phi) is 11.2. The maximum atomic E-state index is 12.3. The second-order valence-corrected chi connectivity index (χ2v) is 5.98. The summed E-state index contributed by atoms with van der Waals surface area (Å²) in [6.45, 7) is 7.53. The topological polar surface area (TPSA) is 67.6 Å². The van der Waals surface area contributed by atoms with Gasteiger partial charge in [0.2, 0.25) is 5.91 Å². The number of carbonyl (C=O) groups is 1. The molecule has 0 radical (unpaired) electrons. The number of nitrogens with zero attached hydrogens (tertiary/aromatic N) is 1. The van der Waals surface area contributed by atoms with E-state index in [9.17, 15) is 4.79 Å². The van der Waals surface area contributed by atoms with E-state index in [0.29, 0.717) is 6.42 Å². The molecule has 1 aromatic carbocycles. The summed E-state index contributed by atoms with van der Waals surface area (Å²) in [5.74, 6) is -0.0866. The Balaban J connectivity index is 0.00000264. The van der Waals surface area contributed by atoms with E-state index >= 15 is 0 Å². The highest BCUT2D eigenvalue weighted by Crippen LogP contribution is 2.08. The van der Waals surface area contributed by atoms with Crippen LogP contribution in [0.3, 0.4) is 0 Å². The van der Waals surface area contributed by atoms with Gasteiger partial charge in [0, 0.05) is 25.2 Å². The average molecular weight is 378 g/mol. The Bertz CT molecular complexity index is 470. The summed E-state index contributed by atoms with van der Waals surface area (Å²) < 4.78 is 5.37. The van der Waals surface area contributed by atoms with Gasteiger partial charge in [-0.05, 0) is 25.8 Å². The average Bonchev–Trinajstić information content (AvgIpc) is 2.55. The molecule has 5 nitrogen and oxygen atoms in total. The minimum Gasteiger partial charge on any atom is -0.379 e. The summed E-state index contributed by atoms with van der Waals surface area (Å²) in [7, 11) is 0. The largest absolute Gasteiger partial charge is 0.379 e. The lowest BCUT2D eigenvalue weighted by Crippen LogP contribution is -2.55. The zero-order valence-corrected chi connectivity index (χ0v) is 15.9. The molecule has 1 aliphatic heterocycles. The molecule has 1 aliphatic rings. The maximum Gasteiger partial charge on any atom is 0.237 e. The Hall–Kier alpha value is -0.850. The van der Waals surface area contributed by atoms with Crippen LogP contribution in [-0.4, -0.2) is 55.2 Å². The number of hydrogen-bond acceptors (Lipinski definition) is 4. The van der Waals surface area contributed by atoms with Gasteiger partial charge in [-0.2, -0.15) is 0 Å². The Labute approximate surface area is 157 Å². The normalized spacial score (nSPS) is 18.5. The number of nitrogens with one attached hydrogen (secondary N) is 1. The molecule has 138 valence electrons. The van der Waals surface area contributed by atoms with Gasteiger partial charge in [0.1, 0.15) is 0 Å². The van der Waals surface area contributed by atoms with Crippen molar-refractivity contribution in [3.05, 3.63) is 35.9 Å². The lowest BCUT2D eigenvalue weighted by atomic mass is 10.0. The molecule has 1 amide bonds. The monoisotopic (exact) mass is 377 g/mol. The van der Waals surface area contributed by atoms with Gasteiger partial charge in [-0.15, -0.1) is 24.8 Å². The molecule has 0 saturated carbocycles. The lowest BCUT2D eigenvalue weighted by Gasteiger charge is -2.36. The van der Waals surface area contributed by atoms with Crippen molar-refractivity contribution in [2.24, 2.45) is 5.73 Å². The van der Waals surface area contributed by atoms with Gasteiger partial charge >= 0.3 is 0 Å². The van der Waals surface area contributed by atoms with Crippen LogP contribution < -0.4 is 11.1 Å². The van der Waals surface area contributed by atoms with Crippen molar-refractivity contribution in [2.75, 3.05) is 26.3 Å².